The number of nitrogens with one attached hydrogen (secondary N) is 1. The lowest BCUT2D eigenvalue weighted by Crippen LogP contribution is -2.47. The van der Waals surface area contributed by atoms with Crippen LogP contribution in [-0.4, -0.2) is 48.0 Å². The Balaban J connectivity index is 1.73. The fourth-order valence-corrected chi connectivity index (χ4v) is 3.51. The minimum atomic E-state index is -4.12. The molecule has 2 atom stereocenters. The molecule has 2 fully saturated rings. The lowest BCUT2D eigenvalue weighted by Gasteiger charge is -2.32. The van der Waals surface area contributed by atoms with E-state index in [0.29, 0.717) is 19.4 Å². The van der Waals surface area contributed by atoms with Gasteiger partial charge >= 0.3 is 12.2 Å². The molecule has 0 bridgehead atoms. The largest absolute Gasteiger partial charge is 0.393 e. The Labute approximate surface area is 129 Å². The lowest BCUT2D eigenvalue weighted by molar-refractivity contribution is -0.182. The molecule has 7 heteroatoms. The first-order valence-electron chi connectivity index (χ1n) is 8.03. The molecular weight excluding hydrogens is 297 g/mol. The van der Waals surface area contributed by atoms with E-state index in [-0.39, 0.29) is 36.9 Å². The van der Waals surface area contributed by atoms with E-state index >= 15 is 0 Å². The summed E-state index contributed by atoms with van der Waals surface area (Å²) in [6.45, 7) is 0.491. The van der Waals surface area contributed by atoms with Gasteiger partial charge in [-0.15, -0.1) is 0 Å². The van der Waals surface area contributed by atoms with Gasteiger partial charge in [-0.25, -0.2) is 4.79 Å². The van der Waals surface area contributed by atoms with Gasteiger partial charge in [0, 0.05) is 25.6 Å². The average molecular weight is 322 g/mol. The monoisotopic (exact) mass is 322 g/mol. The van der Waals surface area contributed by atoms with E-state index in [1.165, 1.54) is 4.90 Å². The summed E-state index contributed by atoms with van der Waals surface area (Å²) < 4.78 is 37.8. The molecule has 0 spiro atoms. The number of halogens is 3. The second-order valence-electron chi connectivity index (χ2n) is 6.68. The Kier molecular flexibility index (Phi) is 5.58. The molecule has 4 nitrogen and oxygen atoms in total. The Bertz CT molecular complexity index is 381. The molecule has 0 aliphatic heterocycles. The number of nitrogens with zero attached hydrogens (tertiary/aromatic N) is 1. The summed E-state index contributed by atoms with van der Waals surface area (Å²) in [5.74, 6) is -1.12. The number of amides is 2. The van der Waals surface area contributed by atoms with Crippen LogP contribution in [0.1, 0.15) is 44.9 Å². The van der Waals surface area contributed by atoms with Gasteiger partial charge in [-0.3, -0.25) is 0 Å². The van der Waals surface area contributed by atoms with Crippen molar-refractivity contribution in [1.29, 1.82) is 0 Å². The van der Waals surface area contributed by atoms with Crippen LogP contribution in [0.2, 0.25) is 0 Å². The van der Waals surface area contributed by atoms with Gasteiger partial charge in [0.1, 0.15) is 0 Å². The molecule has 128 valence electrons. The van der Waals surface area contributed by atoms with E-state index in [2.05, 4.69) is 5.32 Å². The molecule has 0 saturated heterocycles. The highest BCUT2D eigenvalue weighted by Crippen LogP contribution is 2.37. The van der Waals surface area contributed by atoms with Crippen LogP contribution < -0.4 is 5.32 Å². The van der Waals surface area contributed by atoms with Gasteiger partial charge in [-0.2, -0.15) is 13.2 Å². The van der Waals surface area contributed by atoms with Gasteiger partial charge in [0.15, 0.2) is 0 Å². The van der Waals surface area contributed by atoms with Gasteiger partial charge in [-0.05, 0) is 38.5 Å². The van der Waals surface area contributed by atoms with Crippen molar-refractivity contribution in [2.75, 3.05) is 13.6 Å². The summed E-state index contributed by atoms with van der Waals surface area (Å²) >= 11 is 0. The quantitative estimate of drug-likeness (QED) is 0.839. The Morgan fingerprint density at radius 3 is 2.32 bits per heavy atom. The molecule has 2 amide bonds. The topological polar surface area (TPSA) is 52.6 Å². The van der Waals surface area contributed by atoms with Crippen LogP contribution in [0, 0.1) is 11.8 Å². The van der Waals surface area contributed by atoms with Gasteiger partial charge < -0.3 is 15.3 Å². The molecule has 2 unspecified atom stereocenters. The minimum absolute atomic E-state index is 0.0828. The molecule has 0 heterocycles. The normalized spacial score (nSPS) is 32.8. The van der Waals surface area contributed by atoms with Gasteiger partial charge in [0.05, 0.1) is 12.0 Å². The molecule has 2 aliphatic rings. The summed E-state index contributed by atoms with van der Waals surface area (Å²) in [5, 5.41) is 12.6. The standard InChI is InChI=1S/C15H25F3N2O2/c1-20(9-10-3-2-4-13(10)21)14(22)19-12-7-5-11(6-8-12)15(16,17)18/h10-13,21H,2-9H2,1H3,(H,19,22). The summed E-state index contributed by atoms with van der Waals surface area (Å²) in [6, 6.07) is -0.434. The molecule has 0 radical (unpaired) electrons. The van der Waals surface area contributed by atoms with Crippen LogP contribution in [0.3, 0.4) is 0 Å². The van der Waals surface area contributed by atoms with Crippen LogP contribution in [0.15, 0.2) is 0 Å². The van der Waals surface area contributed by atoms with Crippen molar-refractivity contribution in [2.45, 2.75) is 63.3 Å². The van der Waals surface area contributed by atoms with Crippen molar-refractivity contribution in [2.24, 2.45) is 11.8 Å². The van der Waals surface area contributed by atoms with E-state index in [4.69, 9.17) is 0 Å². The highest BCUT2D eigenvalue weighted by Gasteiger charge is 2.41. The van der Waals surface area contributed by atoms with Gasteiger partial charge in [-0.1, -0.05) is 6.42 Å². The number of carbonyl (C=O) groups is 1. The number of aliphatic hydroxyl groups is 1. The molecule has 2 aliphatic carbocycles. The van der Waals surface area contributed by atoms with E-state index in [9.17, 15) is 23.1 Å². The first-order valence-corrected chi connectivity index (χ1v) is 8.03. The number of hydrogen-bond donors (Lipinski definition) is 2. The summed E-state index contributed by atoms with van der Waals surface area (Å²) in [4.78, 5) is 13.6. The number of aliphatic hydroxyl groups excluding tert-OH is 1. The van der Waals surface area contributed by atoms with Crippen molar-refractivity contribution in [1.82, 2.24) is 10.2 Å². The molecule has 2 rings (SSSR count). The second-order valence-corrected chi connectivity index (χ2v) is 6.68. The lowest BCUT2D eigenvalue weighted by atomic mass is 9.85. The maximum absolute atomic E-state index is 12.6. The fourth-order valence-electron chi connectivity index (χ4n) is 3.51. The Hall–Kier alpha value is -0.980. The van der Waals surface area contributed by atoms with E-state index in [1.54, 1.807) is 7.05 Å². The van der Waals surface area contributed by atoms with Gasteiger partial charge in [0.25, 0.3) is 0 Å². The number of rotatable bonds is 3. The Morgan fingerprint density at radius 2 is 1.82 bits per heavy atom. The predicted octanol–water partition coefficient (Wildman–Crippen LogP) is 2.91. The number of alkyl halides is 3. The number of carbonyl (C=O) groups excluding carboxylic acids is 1. The van der Waals surface area contributed by atoms with Crippen LogP contribution in [0.4, 0.5) is 18.0 Å². The fraction of sp³-hybridized carbons (Fsp3) is 0.933. The van der Waals surface area contributed by atoms with Crippen LogP contribution in [0.5, 0.6) is 0 Å². The number of urea groups is 1. The van der Waals surface area contributed by atoms with Crippen molar-refractivity contribution in [3.8, 4) is 0 Å². The minimum Gasteiger partial charge on any atom is -0.393 e. The summed E-state index contributed by atoms with van der Waals surface area (Å²) in [7, 11) is 1.67. The highest BCUT2D eigenvalue weighted by molar-refractivity contribution is 5.74. The zero-order valence-corrected chi connectivity index (χ0v) is 12.9. The predicted molar refractivity (Wildman–Crippen MR) is 76.3 cm³/mol. The maximum atomic E-state index is 12.6. The molecule has 2 N–H and O–H groups in total. The second kappa shape index (κ2) is 7.06. The van der Waals surface area contributed by atoms with Gasteiger partial charge in [0.2, 0.25) is 0 Å². The first-order chi connectivity index (χ1) is 10.3. The molecule has 0 aromatic heterocycles. The molecule has 0 aromatic carbocycles. The molecule has 22 heavy (non-hydrogen) atoms. The maximum Gasteiger partial charge on any atom is 0.391 e. The van der Waals surface area contributed by atoms with Crippen LogP contribution >= 0.6 is 0 Å². The van der Waals surface area contributed by atoms with Crippen LogP contribution in [0.25, 0.3) is 0 Å². The summed E-state index contributed by atoms with van der Waals surface area (Å²) in [5.41, 5.74) is 0. The SMILES string of the molecule is CN(CC1CCCC1O)C(=O)NC1CCC(C(F)(F)F)CC1. The number of hydrogen-bond acceptors (Lipinski definition) is 2. The van der Waals surface area contributed by atoms with E-state index in [1.807, 2.05) is 0 Å². The third kappa shape index (κ3) is 4.51. The zero-order valence-electron chi connectivity index (χ0n) is 12.9. The van der Waals surface area contributed by atoms with E-state index in [0.717, 1.165) is 19.3 Å². The van der Waals surface area contributed by atoms with Crippen LogP contribution in [-0.2, 0) is 0 Å². The smallest absolute Gasteiger partial charge is 0.391 e. The summed E-state index contributed by atoms with van der Waals surface area (Å²) in [6.07, 6.45) is -0.896. The third-order valence-electron chi connectivity index (χ3n) is 4.99. The zero-order chi connectivity index (χ0) is 16.3. The van der Waals surface area contributed by atoms with Crippen molar-refractivity contribution < 1.29 is 23.1 Å². The van der Waals surface area contributed by atoms with E-state index < -0.39 is 12.1 Å². The Morgan fingerprint density at radius 1 is 1.18 bits per heavy atom. The van der Waals surface area contributed by atoms with Crippen molar-refractivity contribution >= 4 is 6.03 Å². The van der Waals surface area contributed by atoms with Crippen molar-refractivity contribution in [3.05, 3.63) is 0 Å². The van der Waals surface area contributed by atoms with Crippen molar-refractivity contribution in [3.63, 3.8) is 0 Å². The molecule has 2 saturated carbocycles. The molecule has 0 aromatic rings. The first kappa shape index (κ1) is 17.4. The average Bonchev–Trinajstić information content (AvgIpc) is 2.84. The highest BCUT2D eigenvalue weighted by atomic mass is 19.4. The third-order valence-corrected chi connectivity index (χ3v) is 4.99. The molecular formula is C15H25F3N2O2.